The quantitative estimate of drug-likeness (QED) is 0.642. The first-order valence-corrected chi connectivity index (χ1v) is 8.77. The van der Waals surface area contributed by atoms with Crippen LogP contribution >= 0.6 is 11.6 Å². The van der Waals surface area contributed by atoms with E-state index >= 15 is 0 Å². The zero-order valence-electron chi connectivity index (χ0n) is 14.7. The predicted octanol–water partition coefficient (Wildman–Crippen LogP) is 4.67. The van der Waals surface area contributed by atoms with E-state index in [-0.39, 0.29) is 11.3 Å². The molecule has 6 heteroatoms. The highest BCUT2D eigenvalue weighted by Gasteiger charge is 2.16. The molecule has 0 spiro atoms. The highest BCUT2D eigenvalue weighted by molar-refractivity contribution is 6.31. The monoisotopic (exact) mass is 390 g/mol. The molecule has 28 heavy (non-hydrogen) atoms. The number of hydrogen-bond acceptors (Lipinski definition) is 4. The molecule has 0 aliphatic carbocycles. The lowest BCUT2D eigenvalue weighted by Gasteiger charge is -2.11. The van der Waals surface area contributed by atoms with Crippen molar-refractivity contribution in [3.63, 3.8) is 0 Å². The van der Waals surface area contributed by atoms with Crippen LogP contribution < -0.4 is 5.32 Å². The topological polar surface area (TPSA) is 79.2 Å². The van der Waals surface area contributed by atoms with Crippen molar-refractivity contribution in [3.8, 4) is 17.2 Å². The number of esters is 1. The molecule has 0 radical (unpaired) electrons. The molecule has 0 saturated heterocycles. The fourth-order valence-electron chi connectivity index (χ4n) is 2.64. The predicted molar refractivity (Wildman–Crippen MR) is 107 cm³/mol. The standard InChI is InChI=1S/C22H15ClN2O3/c23-17-11-10-16(13-24)20(12-17)25-21(26)14-28-22(27)19-9-5-4-8-18(19)15-6-2-1-3-7-15/h1-12H,14H2,(H,25,26). The first-order chi connectivity index (χ1) is 13.6. The van der Waals surface area contributed by atoms with Crippen LogP contribution in [0.15, 0.2) is 72.8 Å². The number of carbonyl (C=O) groups excluding carboxylic acids is 2. The van der Waals surface area contributed by atoms with E-state index in [0.717, 1.165) is 11.1 Å². The lowest BCUT2D eigenvalue weighted by molar-refractivity contribution is -0.119. The molecule has 0 aromatic heterocycles. The van der Waals surface area contributed by atoms with E-state index in [4.69, 9.17) is 21.6 Å². The first-order valence-electron chi connectivity index (χ1n) is 8.39. The number of halogens is 1. The SMILES string of the molecule is N#Cc1ccc(Cl)cc1NC(=O)COC(=O)c1ccccc1-c1ccccc1. The van der Waals surface area contributed by atoms with Crippen molar-refractivity contribution in [2.45, 2.75) is 0 Å². The van der Waals surface area contributed by atoms with E-state index < -0.39 is 18.5 Å². The Hall–Kier alpha value is -3.62. The number of anilines is 1. The van der Waals surface area contributed by atoms with E-state index in [1.54, 1.807) is 18.2 Å². The van der Waals surface area contributed by atoms with Gasteiger partial charge in [-0.15, -0.1) is 0 Å². The molecule has 0 aliphatic heterocycles. The van der Waals surface area contributed by atoms with Crippen LogP contribution in [0.25, 0.3) is 11.1 Å². The third-order valence-corrected chi connectivity index (χ3v) is 4.18. The van der Waals surface area contributed by atoms with Gasteiger partial charge in [-0.3, -0.25) is 4.79 Å². The Morgan fingerprint density at radius 3 is 2.46 bits per heavy atom. The summed E-state index contributed by atoms with van der Waals surface area (Å²) < 4.78 is 5.16. The van der Waals surface area contributed by atoms with Crippen LogP contribution in [0.4, 0.5) is 5.69 Å². The zero-order chi connectivity index (χ0) is 19.9. The third kappa shape index (κ3) is 4.56. The highest BCUT2D eigenvalue weighted by Crippen LogP contribution is 2.24. The van der Waals surface area contributed by atoms with Gasteiger partial charge in [-0.2, -0.15) is 5.26 Å². The van der Waals surface area contributed by atoms with Crippen molar-refractivity contribution in [3.05, 3.63) is 88.9 Å². The van der Waals surface area contributed by atoms with Gasteiger partial charge in [0.25, 0.3) is 5.91 Å². The lowest BCUT2D eigenvalue weighted by atomic mass is 10.00. The summed E-state index contributed by atoms with van der Waals surface area (Å²) in [5.41, 5.74) is 2.48. The maximum absolute atomic E-state index is 12.5. The van der Waals surface area contributed by atoms with Crippen LogP contribution in [0.2, 0.25) is 5.02 Å². The molecule has 138 valence electrons. The summed E-state index contributed by atoms with van der Waals surface area (Å²) in [4.78, 5) is 24.6. The summed E-state index contributed by atoms with van der Waals surface area (Å²) in [5.74, 6) is -1.18. The van der Waals surface area contributed by atoms with Crippen molar-refractivity contribution < 1.29 is 14.3 Å². The number of rotatable bonds is 5. The normalized spacial score (nSPS) is 10.0. The lowest BCUT2D eigenvalue weighted by Crippen LogP contribution is -2.21. The van der Waals surface area contributed by atoms with Gasteiger partial charge in [0, 0.05) is 5.02 Å². The van der Waals surface area contributed by atoms with Crippen molar-refractivity contribution in [2.75, 3.05) is 11.9 Å². The maximum atomic E-state index is 12.5. The number of nitrogens with one attached hydrogen (secondary N) is 1. The van der Waals surface area contributed by atoms with E-state index in [1.807, 2.05) is 48.5 Å². The molecule has 0 aliphatic rings. The van der Waals surface area contributed by atoms with Gasteiger partial charge < -0.3 is 10.1 Å². The number of carbonyl (C=O) groups is 2. The molecule has 0 fully saturated rings. The third-order valence-electron chi connectivity index (χ3n) is 3.94. The van der Waals surface area contributed by atoms with Gasteiger partial charge in [-0.1, -0.05) is 60.1 Å². The molecule has 3 aromatic carbocycles. The van der Waals surface area contributed by atoms with Crippen molar-refractivity contribution in [2.24, 2.45) is 0 Å². The minimum atomic E-state index is -0.610. The Balaban J connectivity index is 1.69. The Morgan fingerprint density at radius 2 is 1.71 bits per heavy atom. The Morgan fingerprint density at radius 1 is 1.00 bits per heavy atom. The van der Waals surface area contributed by atoms with Gasteiger partial charge in [0.05, 0.1) is 16.8 Å². The van der Waals surface area contributed by atoms with Gasteiger partial charge >= 0.3 is 5.97 Å². The summed E-state index contributed by atoms with van der Waals surface area (Å²) in [6.45, 7) is -0.487. The molecule has 1 amide bonds. The summed E-state index contributed by atoms with van der Waals surface area (Å²) in [7, 11) is 0. The Labute approximate surface area is 167 Å². The second-order valence-corrected chi connectivity index (χ2v) is 6.27. The van der Waals surface area contributed by atoms with Crippen LogP contribution in [0.5, 0.6) is 0 Å². The van der Waals surface area contributed by atoms with Crippen molar-refractivity contribution in [1.82, 2.24) is 0 Å². The first kappa shape index (κ1) is 19.2. The smallest absolute Gasteiger partial charge is 0.339 e. The minimum Gasteiger partial charge on any atom is -0.452 e. The fraction of sp³-hybridized carbons (Fsp3) is 0.0455. The van der Waals surface area contributed by atoms with Crippen molar-refractivity contribution >= 4 is 29.2 Å². The zero-order valence-corrected chi connectivity index (χ0v) is 15.4. The van der Waals surface area contributed by atoms with Crippen LogP contribution in [0.3, 0.4) is 0 Å². The average Bonchev–Trinajstić information content (AvgIpc) is 2.73. The molecular formula is C22H15ClN2O3. The fourth-order valence-corrected chi connectivity index (χ4v) is 2.82. The Kier molecular flexibility index (Phi) is 6.05. The summed E-state index contributed by atoms with van der Waals surface area (Å²) in [5, 5.41) is 12.0. The number of nitrogens with zero attached hydrogens (tertiary/aromatic N) is 1. The van der Waals surface area contributed by atoms with Crippen LogP contribution in [-0.4, -0.2) is 18.5 Å². The van der Waals surface area contributed by atoms with Gasteiger partial charge in [0.2, 0.25) is 0 Å². The maximum Gasteiger partial charge on any atom is 0.339 e. The van der Waals surface area contributed by atoms with Gasteiger partial charge in [-0.05, 0) is 35.4 Å². The minimum absolute atomic E-state index is 0.262. The summed E-state index contributed by atoms with van der Waals surface area (Å²) in [6.07, 6.45) is 0. The molecule has 3 aromatic rings. The number of hydrogen-bond donors (Lipinski definition) is 1. The van der Waals surface area contributed by atoms with Crippen molar-refractivity contribution in [1.29, 1.82) is 5.26 Å². The molecule has 0 saturated carbocycles. The second-order valence-electron chi connectivity index (χ2n) is 5.84. The molecule has 1 N–H and O–H groups in total. The average molecular weight is 391 g/mol. The van der Waals surface area contributed by atoms with Gasteiger partial charge in [-0.25, -0.2) is 4.79 Å². The molecule has 5 nitrogen and oxygen atoms in total. The summed E-state index contributed by atoms with van der Waals surface area (Å²) >= 11 is 5.89. The summed E-state index contributed by atoms with van der Waals surface area (Å²) in [6, 6.07) is 22.9. The van der Waals surface area contributed by atoms with Gasteiger partial charge in [0.15, 0.2) is 6.61 Å². The number of amides is 1. The number of benzene rings is 3. The Bertz CT molecular complexity index is 1060. The molecule has 0 heterocycles. The van der Waals surface area contributed by atoms with Crippen LogP contribution in [-0.2, 0) is 9.53 Å². The van der Waals surface area contributed by atoms with E-state index in [9.17, 15) is 9.59 Å². The molecule has 0 bridgehead atoms. The molecule has 0 atom stereocenters. The second kappa shape index (κ2) is 8.85. The van der Waals surface area contributed by atoms with E-state index in [1.165, 1.54) is 12.1 Å². The van der Waals surface area contributed by atoms with Crippen LogP contribution in [0.1, 0.15) is 15.9 Å². The highest BCUT2D eigenvalue weighted by atomic mass is 35.5. The number of nitriles is 1. The van der Waals surface area contributed by atoms with E-state index in [2.05, 4.69) is 5.32 Å². The van der Waals surface area contributed by atoms with E-state index in [0.29, 0.717) is 10.6 Å². The largest absolute Gasteiger partial charge is 0.452 e. The van der Waals surface area contributed by atoms with Gasteiger partial charge in [0.1, 0.15) is 6.07 Å². The van der Waals surface area contributed by atoms with Crippen LogP contribution in [0, 0.1) is 11.3 Å². The molecule has 3 rings (SSSR count). The number of ether oxygens (including phenoxy) is 1. The molecule has 0 unspecified atom stereocenters. The molecular weight excluding hydrogens is 376 g/mol.